The Bertz CT molecular complexity index is 416. The maximum absolute atomic E-state index is 13.6. The molecule has 0 aliphatic heterocycles. The predicted octanol–water partition coefficient (Wildman–Crippen LogP) is 3.51. The van der Waals surface area contributed by atoms with E-state index in [-0.39, 0.29) is 5.92 Å². The standard InChI is InChI=1S/C13H15F2N/c1-7-4-9-5-8(7)6-11(9)10-2-3-16-13(15)12(10)14/h2-3,7-9,11H,4-6H2,1H3. The Hall–Kier alpha value is -0.990. The molecule has 0 amide bonds. The molecule has 0 saturated heterocycles. The van der Waals surface area contributed by atoms with E-state index >= 15 is 0 Å². The van der Waals surface area contributed by atoms with Crippen LogP contribution >= 0.6 is 0 Å². The van der Waals surface area contributed by atoms with Gasteiger partial charge in [0.25, 0.3) is 0 Å². The lowest BCUT2D eigenvalue weighted by Gasteiger charge is -2.26. The normalized spacial score (nSPS) is 36.9. The van der Waals surface area contributed by atoms with Gasteiger partial charge in [0.15, 0.2) is 5.82 Å². The smallest absolute Gasteiger partial charge is 0.226 e. The highest BCUT2D eigenvalue weighted by atomic mass is 19.2. The summed E-state index contributed by atoms with van der Waals surface area (Å²) < 4.78 is 26.7. The Kier molecular flexibility index (Phi) is 2.23. The van der Waals surface area contributed by atoms with Crippen molar-refractivity contribution in [3.05, 3.63) is 29.6 Å². The molecule has 2 bridgehead atoms. The van der Waals surface area contributed by atoms with Gasteiger partial charge in [-0.3, -0.25) is 0 Å². The molecule has 4 atom stereocenters. The average molecular weight is 223 g/mol. The SMILES string of the molecule is CC1CC2CC1CC2c1ccnc(F)c1F. The number of fused-ring (bicyclic) bond motifs is 2. The molecule has 86 valence electrons. The third-order valence-electron chi connectivity index (χ3n) is 4.49. The molecule has 0 radical (unpaired) electrons. The van der Waals surface area contributed by atoms with Gasteiger partial charge in [0.2, 0.25) is 5.95 Å². The molecule has 2 fully saturated rings. The lowest BCUT2D eigenvalue weighted by molar-refractivity contribution is 0.319. The zero-order valence-electron chi connectivity index (χ0n) is 9.29. The van der Waals surface area contributed by atoms with E-state index in [9.17, 15) is 8.78 Å². The third kappa shape index (κ3) is 1.37. The summed E-state index contributed by atoms with van der Waals surface area (Å²) in [7, 11) is 0. The first-order chi connectivity index (χ1) is 7.66. The van der Waals surface area contributed by atoms with Gasteiger partial charge in [0.1, 0.15) is 0 Å². The van der Waals surface area contributed by atoms with E-state index in [2.05, 4.69) is 11.9 Å². The number of halogens is 2. The first-order valence-electron chi connectivity index (χ1n) is 5.96. The minimum atomic E-state index is -0.951. The van der Waals surface area contributed by atoms with Crippen LogP contribution in [0.4, 0.5) is 8.78 Å². The Morgan fingerprint density at radius 2 is 2.00 bits per heavy atom. The maximum atomic E-state index is 13.6. The van der Waals surface area contributed by atoms with E-state index in [4.69, 9.17) is 0 Å². The van der Waals surface area contributed by atoms with E-state index in [1.54, 1.807) is 6.07 Å². The number of aromatic nitrogens is 1. The van der Waals surface area contributed by atoms with Crippen LogP contribution in [0, 0.1) is 29.5 Å². The van der Waals surface area contributed by atoms with Gasteiger partial charge in [-0.2, -0.15) is 4.39 Å². The highest BCUT2D eigenvalue weighted by molar-refractivity contribution is 5.23. The van der Waals surface area contributed by atoms with Crippen LogP contribution in [0.5, 0.6) is 0 Å². The van der Waals surface area contributed by atoms with Gasteiger partial charge < -0.3 is 0 Å². The first-order valence-corrected chi connectivity index (χ1v) is 5.96. The van der Waals surface area contributed by atoms with E-state index in [0.29, 0.717) is 17.4 Å². The van der Waals surface area contributed by atoms with Crippen molar-refractivity contribution in [3.8, 4) is 0 Å². The molecule has 16 heavy (non-hydrogen) atoms. The molecule has 1 heterocycles. The van der Waals surface area contributed by atoms with Gasteiger partial charge in [-0.05, 0) is 54.6 Å². The van der Waals surface area contributed by atoms with Crippen molar-refractivity contribution in [2.24, 2.45) is 17.8 Å². The molecule has 1 aromatic rings. The lowest BCUT2D eigenvalue weighted by atomic mass is 9.79. The molecule has 1 nitrogen and oxygen atoms in total. The molecule has 1 aromatic heterocycles. The molecule has 0 aromatic carbocycles. The van der Waals surface area contributed by atoms with Crippen LogP contribution in [0.25, 0.3) is 0 Å². The van der Waals surface area contributed by atoms with Gasteiger partial charge >= 0.3 is 0 Å². The summed E-state index contributed by atoms with van der Waals surface area (Å²) in [5.41, 5.74) is 0.548. The van der Waals surface area contributed by atoms with Gasteiger partial charge in [0.05, 0.1) is 0 Å². The molecule has 3 heteroatoms. The molecule has 2 aliphatic rings. The van der Waals surface area contributed by atoms with Crippen LogP contribution in [-0.2, 0) is 0 Å². The fourth-order valence-electron chi connectivity index (χ4n) is 3.66. The second-order valence-corrected chi connectivity index (χ2v) is 5.32. The highest BCUT2D eigenvalue weighted by Gasteiger charge is 2.45. The third-order valence-corrected chi connectivity index (χ3v) is 4.49. The van der Waals surface area contributed by atoms with E-state index < -0.39 is 11.8 Å². The van der Waals surface area contributed by atoms with Crippen molar-refractivity contribution in [2.75, 3.05) is 0 Å². The summed E-state index contributed by atoms with van der Waals surface area (Å²) >= 11 is 0. The minimum Gasteiger partial charge on any atom is -0.226 e. The largest absolute Gasteiger partial charge is 0.249 e. The van der Waals surface area contributed by atoms with Crippen molar-refractivity contribution >= 4 is 0 Å². The Labute approximate surface area is 93.9 Å². The summed E-state index contributed by atoms with van der Waals surface area (Å²) in [5, 5.41) is 0. The Balaban J connectivity index is 1.92. The summed E-state index contributed by atoms with van der Waals surface area (Å²) in [6.07, 6.45) is 4.75. The van der Waals surface area contributed by atoms with Crippen molar-refractivity contribution in [3.63, 3.8) is 0 Å². The fourth-order valence-corrected chi connectivity index (χ4v) is 3.66. The van der Waals surface area contributed by atoms with Crippen LogP contribution in [0.1, 0.15) is 37.7 Å². The number of pyridine rings is 1. The van der Waals surface area contributed by atoms with Gasteiger partial charge in [0, 0.05) is 6.20 Å². The summed E-state index contributed by atoms with van der Waals surface area (Å²) in [5.74, 6) is 0.567. The monoisotopic (exact) mass is 223 g/mol. The second kappa shape index (κ2) is 3.51. The molecule has 0 spiro atoms. The molecular formula is C13H15F2N. The number of hydrogen-bond acceptors (Lipinski definition) is 1. The van der Waals surface area contributed by atoms with E-state index in [1.807, 2.05) is 0 Å². The molecule has 2 aliphatic carbocycles. The van der Waals surface area contributed by atoms with Crippen molar-refractivity contribution in [2.45, 2.75) is 32.1 Å². The Morgan fingerprint density at radius 1 is 1.19 bits per heavy atom. The molecule has 3 rings (SSSR count). The van der Waals surface area contributed by atoms with E-state index in [1.165, 1.54) is 19.0 Å². The summed E-state index contributed by atoms with van der Waals surface area (Å²) in [6, 6.07) is 1.65. The number of hydrogen-bond donors (Lipinski definition) is 0. The highest BCUT2D eigenvalue weighted by Crippen LogP contribution is 2.55. The summed E-state index contributed by atoms with van der Waals surface area (Å²) in [4.78, 5) is 3.35. The Morgan fingerprint density at radius 3 is 2.62 bits per heavy atom. The van der Waals surface area contributed by atoms with Crippen LogP contribution in [0.2, 0.25) is 0 Å². The van der Waals surface area contributed by atoms with Gasteiger partial charge in [-0.1, -0.05) is 6.92 Å². The quantitative estimate of drug-likeness (QED) is 0.664. The van der Waals surface area contributed by atoms with Crippen molar-refractivity contribution in [1.29, 1.82) is 0 Å². The molecule has 2 saturated carbocycles. The van der Waals surface area contributed by atoms with Gasteiger partial charge in [-0.15, -0.1) is 0 Å². The topological polar surface area (TPSA) is 12.9 Å². The molecule has 4 unspecified atom stereocenters. The van der Waals surface area contributed by atoms with Crippen LogP contribution in [0.3, 0.4) is 0 Å². The zero-order valence-corrected chi connectivity index (χ0v) is 9.29. The minimum absolute atomic E-state index is 0.221. The second-order valence-electron chi connectivity index (χ2n) is 5.32. The van der Waals surface area contributed by atoms with E-state index in [0.717, 1.165) is 12.3 Å². The predicted molar refractivity (Wildman–Crippen MR) is 56.9 cm³/mol. The van der Waals surface area contributed by atoms with Crippen molar-refractivity contribution in [1.82, 2.24) is 4.98 Å². The van der Waals surface area contributed by atoms with Crippen molar-refractivity contribution < 1.29 is 8.78 Å². The first kappa shape index (κ1) is 10.2. The van der Waals surface area contributed by atoms with Crippen LogP contribution in [0.15, 0.2) is 12.3 Å². The zero-order chi connectivity index (χ0) is 11.3. The summed E-state index contributed by atoms with van der Waals surface area (Å²) in [6.45, 7) is 2.27. The average Bonchev–Trinajstić information content (AvgIpc) is 2.80. The molecular weight excluding hydrogens is 208 g/mol. The van der Waals surface area contributed by atoms with Crippen LogP contribution < -0.4 is 0 Å². The molecule has 0 N–H and O–H groups in total. The van der Waals surface area contributed by atoms with Crippen LogP contribution in [-0.4, -0.2) is 4.98 Å². The van der Waals surface area contributed by atoms with Gasteiger partial charge in [-0.25, -0.2) is 9.37 Å². The number of rotatable bonds is 1. The lowest BCUT2D eigenvalue weighted by Crippen LogP contribution is -2.16. The fraction of sp³-hybridized carbons (Fsp3) is 0.615. The maximum Gasteiger partial charge on any atom is 0.249 e. The number of nitrogens with zero attached hydrogens (tertiary/aromatic N) is 1.